The van der Waals surface area contributed by atoms with Gasteiger partial charge >= 0.3 is 0 Å². The molecule has 9 nitrogen and oxygen atoms in total. The van der Waals surface area contributed by atoms with Crippen LogP contribution in [0.5, 0.6) is 0 Å². The number of carbonyl (C=O) groups is 3. The average molecular weight is 468 g/mol. The molecule has 2 fully saturated rings. The number of ketones is 1. The molecule has 2 aromatic carbocycles. The number of Topliss-reactive ketones (excluding diaryl/α,β-unsaturated/α-hetero) is 1. The van der Waals surface area contributed by atoms with Crippen LogP contribution in [-0.2, 0) is 9.59 Å². The Bertz CT molecular complexity index is 1420. The summed E-state index contributed by atoms with van der Waals surface area (Å²) in [5, 5.41) is 20.7. The van der Waals surface area contributed by atoms with E-state index in [4.69, 9.17) is 0 Å². The zero-order chi connectivity index (χ0) is 25.0. The molecule has 0 aromatic heterocycles. The Kier molecular flexibility index (Phi) is 5.09. The highest BCUT2D eigenvalue weighted by atomic mass is 16.6. The van der Waals surface area contributed by atoms with Gasteiger partial charge in [-0.15, -0.1) is 0 Å². The number of anilines is 1. The van der Waals surface area contributed by atoms with Crippen molar-refractivity contribution in [3.05, 3.63) is 93.2 Å². The lowest BCUT2D eigenvalue weighted by Gasteiger charge is -2.32. The van der Waals surface area contributed by atoms with Gasteiger partial charge in [0.1, 0.15) is 6.04 Å². The zero-order valence-corrected chi connectivity index (χ0v) is 18.9. The Labute approximate surface area is 200 Å². The fourth-order valence-corrected chi connectivity index (χ4v) is 5.36. The minimum absolute atomic E-state index is 0.0808. The van der Waals surface area contributed by atoms with Gasteiger partial charge in [0.15, 0.2) is 5.78 Å². The molecule has 3 aliphatic rings. The van der Waals surface area contributed by atoms with E-state index in [0.29, 0.717) is 11.3 Å². The molecule has 0 bridgehead atoms. The van der Waals surface area contributed by atoms with Crippen LogP contribution >= 0.6 is 0 Å². The molecule has 3 aliphatic heterocycles. The minimum atomic E-state index is -1.05. The maximum atomic E-state index is 13.8. The highest BCUT2D eigenvalue weighted by Gasteiger charge is 2.63. The van der Waals surface area contributed by atoms with Crippen LogP contribution in [0.4, 0.5) is 11.4 Å². The normalized spacial score (nSPS) is 24.7. The van der Waals surface area contributed by atoms with Gasteiger partial charge in [-0.25, -0.2) is 4.90 Å². The number of fused-ring (bicyclic) bond motifs is 3. The van der Waals surface area contributed by atoms with E-state index in [2.05, 4.69) is 6.07 Å². The van der Waals surface area contributed by atoms with Crippen LogP contribution in [0.1, 0.15) is 21.5 Å². The number of carbonyl (C=O) groups excluding carboxylic acids is 3. The average Bonchev–Trinajstić information content (AvgIpc) is 3.31. The fourth-order valence-electron chi connectivity index (χ4n) is 5.36. The number of imide groups is 1. The molecule has 5 rings (SSSR count). The lowest BCUT2D eigenvalue weighted by Crippen LogP contribution is -2.46. The van der Waals surface area contributed by atoms with Crippen molar-refractivity contribution in [2.45, 2.75) is 25.9 Å². The first kappa shape index (κ1) is 22.2. The molecule has 0 unspecified atom stereocenters. The summed E-state index contributed by atoms with van der Waals surface area (Å²) in [6, 6.07) is 11.1. The van der Waals surface area contributed by atoms with E-state index in [1.807, 2.05) is 26.0 Å². The molecule has 35 heavy (non-hydrogen) atoms. The summed E-state index contributed by atoms with van der Waals surface area (Å²) < 4.78 is 0. The summed E-state index contributed by atoms with van der Waals surface area (Å²) in [5.41, 5.74) is 2.37. The van der Waals surface area contributed by atoms with Gasteiger partial charge in [0.25, 0.3) is 5.69 Å². The third-order valence-electron chi connectivity index (χ3n) is 6.88. The summed E-state index contributed by atoms with van der Waals surface area (Å²) in [4.78, 5) is 54.6. The van der Waals surface area contributed by atoms with E-state index in [1.165, 1.54) is 30.3 Å². The Morgan fingerprint density at radius 3 is 2.51 bits per heavy atom. The number of rotatable bonds is 4. The van der Waals surface area contributed by atoms with Crippen LogP contribution in [0.2, 0.25) is 0 Å². The molecule has 2 aromatic rings. The summed E-state index contributed by atoms with van der Waals surface area (Å²) in [6.45, 7) is 3.72. The van der Waals surface area contributed by atoms with Gasteiger partial charge < -0.3 is 4.90 Å². The smallest absolute Gasteiger partial charge is 0.270 e. The van der Waals surface area contributed by atoms with Crippen LogP contribution in [0.3, 0.4) is 0 Å². The maximum Gasteiger partial charge on any atom is 0.270 e. The molecule has 3 heterocycles. The van der Waals surface area contributed by atoms with Crippen LogP contribution in [-0.4, -0.2) is 39.5 Å². The molecular weight excluding hydrogens is 448 g/mol. The fraction of sp³-hybridized carbons (Fsp3) is 0.231. The first-order valence-electron chi connectivity index (χ1n) is 11.0. The number of allylic oxidation sites excluding steroid dienone is 2. The largest absolute Gasteiger partial charge is 0.359 e. The molecule has 2 saturated heterocycles. The molecule has 4 atom stereocenters. The van der Waals surface area contributed by atoms with Crippen molar-refractivity contribution in [1.29, 1.82) is 5.26 Å². The number of hydrogen-bond acceptors (Lipinski definition) is 7. The van der Waals surface area contributed by atoms with Gasteiger partial charge in [0, 0.05) is 23.9 Å². The van der Waals surface area contributed by atoms with E-state index in [-0.39, 0.29) is 11.3 Å². The molecule has 174 valence electrons. The zero-order valence-electron chi connectivity index (χ0n) is 18.9. The van der Waals surface area contributed by atoms with Crippen molar-refractivity contribution in [2.24, 2.45) is 11.8 Å². The number of amides is 2. The molecule has 2 amide bonds. The molecule has 9 heteroatoms. The predicted octanol–water partition coefficient (Wildman–Crippen LogP) is 3.23. The predicted molar refractivity (Wildman–Crippen MR) is 125 cm³/mol. The Morgan fingerprint density at radius 1 is 1.09 bits per heavy atom. The SMILES string of the molecule is Cc1ccc(N2C(=O)[C@@H]3[C@H](C2=O)[C@H]2C=C(C#N)C=CN2[C@@H]3C(=O)c2cccc([N+](=O)[O-])c2)c(C)c1. The van der Waals surface area contributed by atoms with E-state index < -0.39 is 46.4 Å². The number of nitriles is 1. The van der Waals surface area contributed by atoms with Crippen molar-refractivity contribution in [1.82, 2.24) is 4.90 Å². The van der Waals surface area contributed by atoms with Gasteiger partial charge in [0.05, 0.1) is 40.1 Å². The molecule has 0 spiro atoms. The first-order valence-corrected chi connectivity index (χ1v) is 11.0. The molecule has 0 N–H and O–H groups in total. The summed E-state index contributed by atoms with van der Waals surface area (Å²) >= 11 is 0. The van der Waals surface area contributed by atoms with Crippen molar-refractivity contribution >= 4 is 29.0 Å². The van der Waals surface area contributed by atoms with E-state index in [9.17, 15) is 29.8 Å². The number of non-ortho nitro benzene ring substituents is 1. The Morgan fingerprint density at radius 2 is 1.83 bits per heavy atom. The summed E-state index contributed by atoms with van der Waals surface area (Å²) in [5.74, 6) is -3.29. The topological polar surface area (TPSA) is 125 Å². The Hall–Kier alpha value is -4.58. The lowest BCUT2D eigenvalue weighted by molar-refractivity contribution is -0.384. The first-order chi connectivity index (χ1) is 16.7. The van der Waals surface area contributed by atoms with Gasteiger partial charge in [-0.2, -0.15) is 5.26 Å². The van der Waals surface area contributed by atoms with E-state index in [1.54, 1.807) is 23.2 Å². The standard InChI is InChI=1S/C26H20N4O5/c1-14-6-7-19(15(2)10-14)29-25(32)21-20-11-16(13-27)8-9-28(20)23(22(21)26(29)33)24(31)17-4-3-5-18(12-17)30(34)35/h3-12,20-23H,1-2H3/t20-,21-,22-,23+/m1/s1. The molecular formula is C26H20N4O5. The van der Waals surface area contributed by atoms with Crippen LogP contribution < -0.4 is 4.90 Å². The highest BCUT2D eigenvalue weighted by molar-refractivity contribution is 6.25. The number of benzene rings is 2. The summed E-state index contributed by atoms with van der Waals surface area (Å²) in [6.07, 6.45) is 4.70. The number of nitrogens with zero attached hydrogens (tertiary/aromatic N) is 4. The van der Waals surface area contributed by atoms with E-state index in [0.717, 1.165) is 16.0 Å². The molecule has 0 radical (unpaired) electrons. The second-order valence-corrected chi connectivity index (χ2v) is 8.96. The number of hydrogen-bond donors (Lipinski definition) is 0. The summed E-state index contributed by atoms with van der Waals surface area (Å²) in [7, 11) is 0. The monoisotopic (exact) mass is 468 g/mol. The number of nitro groups is 1. The van der Waals surface area contributed by atoms with Crippen molar-refractivity contribution in [2.75, 3.05) is 4.90 Å². The van der Waals surface area contributed by atoms with Gasteiger partial charge in [0.2, 0.25) is 11.8 Å². The van der Waals surface area contributed by atoms with Gasteiger partial charge in [-0.05, 0) is 37.6 Å². The van der Waals surface area contributed by atoms with Crippen LogP contribution in [0, 0.1) is 47.1 Å². The van der Waals surface area contributed by atoms with Gasteiger partial charge in [-0.1, -0.05) is 29.8 Å². The van der Waals surface area contributed by atoms with E-state index >= 15 is 0 Å². The quantitative estimate of drug-likeness (QED) is 0.292. The van der Waals surface area contributed by atoms with Gasteiger partial charge in [-0.3, -0.25) is 24.5 Å². The Balaban J connectivity index is 1.62. The number of aryl methyl sites for hydroxylation is 2. The highest BCUT2D eigenvalue weighted by Crippen LogP contribution is 2.47. The molecule has 0 aliphatic carbocycles. The second kappa shape index (κ2) is 8.02. The third kappa shape index (κ3) is 3.34. The minimum Gasteiger partial charge on any atom is -0.359 e. The van der Waals surface area contributed by atoms with Crippen LogP contribution in [0.15, 0.2) is 66.4 Å². The van der Waals surface area contributed by atoms with Crippen molar-refractivity contribution in [3.63, 3.8) is 0 Å². The van der Waals surface area contributed by atoms with Crippen molar-refractivity contribution < 1.29 is 19.3 Å². The molecule has 0 saturated carbocycles. The third-order valence-corrected chi connectivity index (χ3v) is 6.88. The van der Waals surface area contributed by atoms with Crippen molar-refractivity contribution in [3.8, 4) is 6.07 Å². The second-order valence-electron chi connectivity index (χ2n) is 8.96. The van der Waals surface area contributed by atoms with Crippen LogP contribution in [0.25, 0.3) is 0 Å². The number of nitro benzene ring substituents is 1. The lowest BCUT2D eigenvalue weighted by atomic mass is 9.86. The maximum absolute atomic E-state index is 13.8.